The van der Waals surface area contributed by atoms with Gasteiger partial charge in [0.05, 0.1) is 10.9 Å². The molecule has 1 saturated heterocycles. The molecule has 9 heteroatoms. The predicted molar refractivity (Wildman–Crippen MR) is 102 cm³/mol. The van der Waals surface area contributed by atoms with E-state index in [0.717, 1.165) is 18.4 Å². The van der Waals surface area contributed by atoms with Crippen molar-refractivity contribution in [2.24, 2.45) is 11.7 Å². The summed E-state index contributed by atoms with van der Waals surface area (Å²) in [5.41, 5.74) is 5.86. The summed E-state index contributed by atoms with van der Waals surface area (Å²) >= 11 is 0. The van der Waals surface area contributed by atoms with Gasteiger partial charge in [0, 0.05) is 25.6 Å². The molecule has 1 fully saturated rings. The monoisotopic (exact) mass is 405 g/mol. The van der Waals surface area contributed by atoms with E-state index in [-0.39, 0.29) is 17.4 Å². The summed E-state index contributed by atoms with van der Waals surface area (Å²) in [6.07, 6.45) is 4.87. The van der Waals surface area contributed by atoms with Crippen LogP contribution in [0.3, 0.4) is 0 Å². The fraction of sp³-hybridized carbons (Fsp3) is 0.368. The topological polar surface area (TPSA) is 121 Å². The predicted octanol–water partition coefficient (Wildman–Crippen LogP) is 1.39. The molecule has 2 heterocycles. The Balaban J connectivity index is 1.79. The van der Waals surface area contributed by atoms with Crippen LogP contribution >= 0.6 is 0 Å². The number of aromatic nitrogens is 1. The zero-order chi connectivity index (χ0) is 20.0. The van der Waals surface area contributed by atoms with Crippen molar-refractivity contribution in [1.29, 1.82) is 0 Å². The second-order valence-electron chi connectivity index (χ2n) is 6.56. The average molecular weight is 405 g/mol. The van der Waals surface area contributed by atoms with E-state index in [9.17, 15) is 13.2 Å². The molecule has 0 aliphatic carbocycles. The molecule has 1 amide bonds. The van der Waals surface area contributed by atoms with Crippen LogP contribution in [0.5, 0.6) is 5.75 Å². The maximum absolute atomic E-state index is 13.0. The number of sulfonamides is 1. The van der Waals surface area contributed by atoms with Crippen LogP contribution in [0, 0.1) is 5.92 Å². The van der Waals surface area contributed by atoms with E-state index in [1.54, 1.807) is 18.5 Å². The Morgan fingerprint density at radius 3 is 2.57 bits per heavy atom. The lowest BCUT2D eigenvalue weighted by Crippen LogP contribution is -2.36. The number of nitrogens with two attached hydrogens (primary N) is 1. The Labute approximate surface area is 164 Å². The fourth-order valence-electron chi connectivity index (χ4n) is 3.15. The van der Waals surface area contributed by atoms with Gasteiger partial charge in [0.25, 0.3) is 5.91 Å². The molecular weight excluding hydrogens is 382 g/mol. The summed E-state index contributed by atoms with van der Waals surface area (Å²) in [5.74, 6) is -0.119. The van der Waals surface area contributed by atoms with E-state index in [0.29, 0.717) is 19.0 Å². The van der Waals surface area contributed by atoms with Gasteiger partial charge in [-0.25, -0.2) is 13.1 Å². The first-order valence-electron chi connectivity index (χ1n) is 8.97. The molecular formula is C19H23N3O5S. The molecule has 3 rings (SSSR count). The highest BCUT2D eigenvalue weighted by molar-refractivity contribution is 7.89. The van der Waals surface area contributed by atoms with Crippen LogP contribution in [0.25, 0.3) is 0 Å². The van der Waals surface area contributed by atoms with Crippen molar-refractivity contribution in [3.05, 3.63) is 54.4 Å². The number of benzene rings is 1. The summed E-state index contributed by atoms with van der Waals surface area (Å²) in [4.78, 5) is 15.0. The minimum Gasteiger partial charge on any atom is -0.484 e. The summed E-state index contributed by atoms with van der Waals surface area (Å²) < 4.78 is 39.3. The average Bonchev–Trinajstić information content (AvgIpc) is 2.72. The molecule has 0 spiro atoms. The number of ether oxygens (including phenoxy) is 2. The molecule has 2 aromatic rings. The quantitative estimate of drug-likeness (QED) is 0.685. The zero-order valence-corrected chi connectivity index (χ0v) is 16.1. The summed E-state index contributed by atoms with van der Waals surface area (Å²) in [6.45, 7) is 0.946. The summed E-state index contributed by atoms with van der Waals surface area (Å²) in [5, 5.41) is 0. The SMILES string of the molecule is NC(=O)COc1ccc(S(=O)(=O)NC(c2cccnc2)C2CCOCC2)cc1. The third-order valence-electron chi connectivity index (χ3n) is 4.58. The Morgan fingerprint density at radius 2 is 1.96 bits per heavy atom. The zero-order valence-electron chi connectivity index (χ0n) is 15.3. The first-order valence-corrected chi connectivity index (χ1v) is 10.5. The lowest BCUT2D eigenvalue weighted by molar-refractivity contribution is -0.119. The standard InChI is InChI=1S/C19H23N3O5S/c20-18(23)13-27-16-3-5-17(6-4-16)28(24,25)22-19(14-7-10-26-11-8-14)15-2-1-9-21-12-15/h1-6,9,12,14,19,22H,7-8,10-11,13H2,(H2,20,23). The van der Waals surface area contributed by atoms with Gasteiger partial charge in [-0.15, -0.1) is 0 Å². The highest BCUT2D eigenvalue weighted by Gasteiger charge is 2.30. The van der Waals surface area contributed by atoms with Crippen molar-refractivity contribution in [3.8, 4) is 5.75 Å². The molecule has 3 N–H and O–H groups in total. The largest absolute Gasteiger partial charge is 0.484 e. The van der Waals surface area contributed by atoms with Crippen molar-refractivity contribution < 1.29 is 22.7 Å². The molecule has 28 heavy (non-hydrogen) atoms. The molecule has 150 valence electrons. The number of carbonyl (C=O) groups excluding carboxylic acids is 1. The van der Waals surface area contributed by atoms with Gasteiger partial charge in [0.2, 0.25) is 10.0 Å². The van der Waals surface area contributed by atoms with Gasteiger partial charge >= 0.3 is 0 Å². The van der Waals surface area contributed by atoms with Gasteiger partial charge in [-0.05, 0) is 54.7 Å². The molecule has 1 aliphatic heterocycles. The number of hydrogen-bond donors (Lipinski definition) is 2. The first-order chi connectivity index (χ1) is 13.5. The Kier molecular flexibility index (Phi) is 6.61. The highest BCUT2D eigenvalue weighted by Crippen LogP contribution is 2.31. The van der Waals surface area contributed by atoms with Gasteiger partial charge in [0.1, 0.15) is 5.75 Å². The maximum Gasteiger partial charge on any atom is 0.255 e. The molecule has 0 saturated carbocycles. The highest BCUT2D eigenvalue weighted by atomic mass is 32.2. The summed E-state index contributed by atoms with van der Waals surface area (Å²) in [7, 11) is -3.77. The van der Waals surface area contributed by atoms with Crippen LogP contribution in [0.1, 0.15) is 24.4 Å². The van der Waals surface area contributed by atoms with Crippen LogP contribution in [0.4, 0.5) is 0 Å². The Bertz CT molecular complexity index is 882. The minimum atomic E-state index is -3.77. The van der Waals surface area contributed by atoms with Gasteiger partial charge < -0.3 is 15.2 Å². The maximum atomic E-state index is 13.0. The van der Waals surface area contributed by atoms with E-state index in [2.05, 4.69) is 9.71 Å². The molecule has 0 radical (unpaired) electrons. The Morgan fingerprint density at radius 1 is 1.25 bits per heavy atom. The van der Waals surface area contributed by atoms with Crippen LogP contribution < -0.4 is 15.2 Å². The molecule has 8 nitrogen and oxygen atoms in total. The van der Waals surface area contributed by atoms with E-state index >= 15 is 0 Å². The van der Waals surface area contributed by atoms with Crippen molar-refractivity contribution in [2.45, 2.75) is 23.8 Å². The smallest absolute Gasteiger partial charge is 0.255 e. The number of primary amides is 1. The molecule has 1 aliphatic rings. The number of pyridine rings is 1. The lowest BCUT2D eigenvalue weighted by atomic mass is 9.88. The van der Waals surface area contributed by atoms with E-state index in [1.807, 2.05) is 6.07 Å². The number of rotatable bonds is 8. The first kappa shape index (κ1) is 20.2. The van der Waals surface area contributed by atoms with Gasteiger partial charge in [-0.2, -0.15) is 0 Å². The molecule has 1 aromatic carbocycles. The fourth-order valence-corrected chi connectivity index (χ4v) is 4.44. The van der Waals surface area contributed by atoms with Crippen molar-refractivity contribution in [3.63, 3.8) is 0 Å². The number of nitrogens with zero attached hydrogens (tertiary/aromatic N) is 1. The van der Waals surface area contributed by atoms with Crippen molar-refractivity contribution in [2.75, 3.05) is 19.8 Å². The molecule has 1 aromatic heterocycles. The number of hydrogen-bond acceptors (Lipinski definition) is 6. The molecule has 0 bridgehead atoms. The van der Waals surface area contributed by atoms with Gasteiger partial charge in [-0.1, -0.05) is 6.07 Å². The van der Waals surface area contributed by atoms with Crippen LogP contribution in [-0.2, 0) is 19.6 Å². The second-order valence-corrected chi connectivity index (χ2v) is 8.28. The van der Waals surface area contributed by atoms with Crippen molar-refractivity contribution >= 4 is 15.9 Å². The van der Waals surface area contributed by atoms with E-state index < -0.39 is 22.0 Å². The van der Waals surface area contributed by atoms with E-state index in [1.165, 1.54) is 24.3 Å². The van der Waals surface area contributed by atoms with Gasteiger partial charge in [0.15, 0.2) is 6.61 Å². The van der Waals surface area contributed by atoms with Crippen LogP contribution in [0.2, 0.25) is 0 Å². The van der Waals surface area contributed by atoms with Crippen molar-refractivity contribution in [1.82, 2.24) is 9.71 Å². The lowest BCUT2D eigenvalue weighted by Gasteiger charge is -2.31. The third kappa shape index (κ3) is 5.28. The van der Waals surface area contributed by atoms with Gasteiger partial charge in [-0.3, -0.25) is 9.78 Å². The van der Waals surface area contributed by atoms with E-state index in [4.69, 9.17) is 15.2 Å². The van der Waals surface area contributed by atoms with Crippen LogP contribution in [-0.4, -0.2) is 39.1 Å². The minimum absolute atomic E-state index is 0.111. The van der Waals surface area contributed by atoms with Crippen LogP contribution in [0.15, 0.2) is 53.7 Å². The molecule has 1 unspecified atom stereocenters. The second kappa shape index (κ2) is 9.13. The molecule has 1 atom stereocenters. The Hall–Kier alpha value is -2.49. The normalized spacial score (nSPS) is 16.4. The number of carbonyl (C=O) groups is 1. The third-order valence-corrected chi connectivity index (χ3v) is 6.04. The summed E-state index contributed by atoms with van der Waals surface area (Å²) in [6, 6.07) is 9.12. The number of amides is 1. The number of nitrogens with one attached hydrogen (secondary N) is 1.